The molecule has 0 N–H and O–H groups in total. The summed E-state index contributed by atoms with van der Waals surface area (Å²) in [5.41, 5.74) is 2.83. The van der Waals surface area contributed by atoms with Crippen molar-refractivity contribution in [2.45, 2.75) is 12.3 Å². The molecule has 0 aromatic heterocycles. The van der Waals surface area contributed by atoms with Crippen molar-refractivity contribution in [2.75, 3.05) is 0 Å². The molecule has 0 aliphatic carbocycles. The molecule has 0 heterocycles. The SMILES string of the molecule is Ic1cc(C[P+](c2ccccc2)(c2ccccc2)c2ccccc2)c(I)cc1C[P+](c1ccccc1)(c1ccccc1)c1ccccc1.[Br-].[Br-]. The normalized spacial score (nSPS) is 11.2. The van der Waals surface area contributed by atoms with Crippen LogP contribution >= 0.6 is 59.7 Å². The van der Waals surface area contributed by atoms with Gasteiger partial charge in [0.25, 0.3) is 0 Å². The van der Waals surface area contributed by atoms with Gasteiger partial charge in [-0.3, -0.25) is 0 Å². The van der Waals surface area contributed by atoms with E-state index in [2.05, 4.69) is 239 Å². The molecule has 0 fully saturated rings. The van der Waals surface area contributed by atoms with Gasteiger partial charge in [0.2, 0.25) is 0 Å². The van der Waals surface area contributed by atoms with Gasteiger partial charge in [-0.15, -0.1) is 0 Å². The van der Waals surface area contributed by atoms with Gasteiger partial charge in [-0.05, 0) is 130 Å². The van der Waals surface area contributed by atoms with Gasteiger partial charge in [0.15, 0.2) is 0 Å². The third kappa shape index (κ3) is 7.92. The fraction of sp³-hybridized carbons (Fsp3) is 0.0455. The van der Waals surface area contributed by atoms with Crippen LogP contribution in [0.1, 0.15) is 11.1 Å². The van der Waals surface area contributed by atoms with Crippen molar-refractivity contribution in [1.29, 1.82) is 0 Å². The Morgan fingerprint density at radius 3 is 0.660 bits per heavy atom. The first-order valence-electron chi connectivity index (χ1n) is 16.2. The van der Waals surface area contributed by atoms with Gasteiger partial charge in [0, 0.05) is 18.3 Å². The third-order valence-electron chi connectivity index (χ3n) is 9.21. The van der Waals surface area contributed by atoms with Crippen LogP contribution in [0.15, 0.2) is 194 Å². The smallest absolute Gasteiger partial charge is 0.116 e. The highest BCUT2D eigenvalue weighted by Gasteiger charge is 2.47. The Labute approximate surface area is 346 Å². The van der Waals surface area contributed by atoms with Crippen LogP contribution in [0.25, 0.3) is 0 Å². The number of hydrogen-bond donors (Lipinski definition) is 0. The Morgan fingerprint density at radius 1 is 0.300 bits per heavy atom. The lowest BCUT2D eigenvalue weighted by Crippen LogP contribution is -3.00. The summed E-state index contributed by atoms with van der Waals surface area (Å²) in [5, 5.41) is 8.50. The lowest BCUT2D eigenvalue weighted by Gasteiger charge is -2.29. The minimum absolute atomic E-state index is 0. The highest BCUT2D eigenvalue weighted by atomic mass is 127. The Kier molecular flexibility index (Phi) is 14.1. The fourth-order valence-electron chi connectivity index (χ4n) is 6.92. The highest BCUT2D eigenvalue weighted by Crippen LogP contribution is 2.60. The number of halogens is 4. The van der Waals surface area contributed by atoms with Gasteiger partial charge in [-0.2, -0.15) is 0 Å². The Morgan fingerprint density at radius 2 is 0.480 bits per heavy atom. The zero-order chi connectivity index (χ0) is 32.8. The Hall–Kier alpha value is -2.18. The van der Waals surface area contributed by atoms with Gasteiger partial charge >= 0.3 is 0 Å². The molecule has 50 heavy (non-hydrogen) atoms. The van der Waals surface area contributed by atoms with E-state index < -0.39 is 14.5 Å². The average Bonchev–Trinajstić information content (AvgIpc) is 3.16. The minimum Gasteiger partial charge on any atom is -1.00 e. The molecule has 6 heteroatoms. The van der Waals surface area contributed by atoms with Gasteiger partial charge < -0.3 is 34.0 Å². The van der Waals surface area contributed by atoms with Crippen LogP contribution in [-0.4, -0.2) is 0 Å². The second kappa shape index (κ2) is 18.0. The van der Waals surface area contributed by atoms with Crippen LogP contribution < -0.4 is 65.8 Å². The molecule has 7 aromatic rings. The number of benzene rings is 7. The maximum atomic E-state index is 2.62. The molecule has 0 aliphatic heterocycles. The monoisotopic (exact) mass is 1040 g/mol. The van der Waals surface area contributed by atoms with Gasteiger partial charge in [-0.1, -0.05) is 109 Å². The molecule has 7 aromatic carbocycles. The zero-order valence-electron chi connectivity index (χ0n) is 27.3. The maximum Gasteiger partial charge on any atom is 0.116 e. The van der Waals surface area contributed by atoms with E-state index in [0.29, 0.717) is 0 Å². The highest BCUT2D eigenvalue weighted by molar-refractivity contribution is 14.1. The summed E-state index contributed by atoms with van der Waals surface area (Å²) in [7, 11) is -4.05. The van der Waals surface area contributed by atoms with E-state index in [1.165, 1.54) is 50.1 Å². The first-order valence-corrected chi connectivity index (χ1v) is 22.3. The van der Waals surface area contributed by atoms with Crippen LogP contribution in [0, 0.1) is 7.14 Å². The fourth-order valence-corrected chi connectivity index (χ4v) is 17.5. The van der Waals surface area contributed by atoms with Crippen LogP contribution in [0.4, 0.5) is 0 Å². The van der Waals surface area contributed by atoms with E-state index >= 15 is 0 Å². The van der Waals surface area contributed by atoms with E-state index in [1.807, 2.05) is 0 Å². The van der Waals surface area contributed by atoms with Gasteiger partial charge in [-0.25, -0.2) is 0 Å². The van der Waals surface area contributed by atoms with Crippen LogP contribution in [0.5, 0.6) is 0 Å². The largest absolute Gasteiger partial charge is 1.00 e. The van der Waals surface area contributed by atoms with Crippen molar-refractivity contribution in [3.05, 3.63) is 212 Å². The molecule has 7 rings (SSSR count). The molecule has 250 valence electrons. The molecule has 0 saturated carbocycles. The maximum absolute atomic E-state index is 2.62. The zero-order valence-corrected chi connectivity index (χ0v) is 36.6. The minimum atomic E-state index is -2.02. The molecule has 0 amide bonds. The Balaban J connectivity index is 0.00000243. The number of hydrogen-bond acceptors (Lipinski definition) is 0. The standard InChI is InChI=1S/C44H36I2P2.2BrH/c45-43-32-36(34-48(40-25-13-4-14-26-40,41-27-15-5-16-28-41)42-29-17-6-18-30-42)44(46)31-35(43)33-47(37-19-7-1-8-20-37,38-21-9-2-10-22-38)39-23-11-3-12-24-39;;/h1-32H,33-34H2;2*1H/q+2;;/p-2. The predicted octanol–water partition coefficient (Wildman–Crippen LogP) is 3.89. The van der Waals surface area contributed by atoms with Crippen molar-refractivity contribution < 1.29 is 34.0 Å². The van der Waals surface area contributed by atoms with Crippen molar-refractivity contribution in [3.63, 3.8) is 0 Å². The first-order chi connectivity index (χ1) is 23.6. The summed E-state index contributed by atoms with van der Waals surface area (Å²) in [4.78, 5) is 0. The second-order valence-corrected chi connectivity index (χ2v) is 21.3. The molecule has 0 aliphatic rings. The van der Waals surface area contributed by atoms with Gasteiger partial charge in [0.1, 0.15) is 46.4 Å². The summed E-state index contributed by atoms with van der Waals surface area (Å²) in [6, 6.07) is 72.4. The number of rotatable bonds is 10. The lowest BCUT2D eigenvalue weighted by atomic mass is 10.2. The quantitative estimate of drug-likeness (QED) is 0.144. The third-order valence-corrected chi connectivity index (χ3v) is 19.9. The molecule has 0 saturated heterocycles. The van der Waals surface area contributed by atoms with E-state index in [1.54, 1.807) is 0 Å². The summed E-state index contributed by atoms with van der Waals surface area (Å²) >= 11 is 5.25. The first kappa shape index (κ1) is 39.0. The summed E-state index contributed by atoms with van der Waals surface area (Å²) < 4.78 is 2.67. The molecule has 0 bridgehead atoms. The molecular formula is C44H36Br2I2P2. The summed E-state index contributed by atoms with van der Waals surface area (Å²) in [5.74, 6) is 0. The van der Waals surface area contributed by atoms with E-state index in [9.17, 15) is 0 Å². The summed E-state index contributed by atoms with van der Waals surface area (Å²) in [6.45, 7) is 0. The lowest BCUT2D eigenvalue weighted by molar-refractivity contribution is -0.00100. The van der Waals surface area contributed by atoms with Crippen molar-refractivity contribution in [2.24, 2.45) is 0 Å². The van der Waals surface area contributed by atoms with Crippen LogP contribution in [0.3, 0.4) is 0 Å². The van der Waals surface area contributed by atoms with Crippen molar-refractivity contribution in [1.82, 2.24) is 0 Å². The van der Waals surface area contributed by atoms with Crippen molar-refractivity contribution in [3.8, 4) is 0 Å². The van der Waals surface area contributed by atoms with Gasteiger partial charge in [0.05, 0.1) is 12.3 Å². The Bertz CT molecular complexity index is 1740. The second-order valence-electron chi connectivity index (χ2n) is 12.0. The van der Waals surface area contributed by atoms with Crippen LogP contribution in [0.2, 0.25) is 0 Å². The molecule has 0 atom stereocenters. The molecule has 0 nitrogen and oxygen atoms in total. The molecule has 0 spiro atoms. The van der Waals surface area contributed by atoms with E-state index in [-0.39, 0.29) is 34.0 Å². The van der Waals surface area contributed by atoms with E-state index in [0.717, 1.165) is 12.3 Å². The predicted molar refractivity (Wildman–Crippen MR) is 230 cm³/mol. The van der Waals surface area contributed by atoms with E-state index in [4.69, 9.17) is 0 Å². The molecule has 0 radical (unpaired) electrons. The summed E-state index contributed by atoms with van der Waals surface area (Å²) in [6.07, 6.45) is 1.94. The average molecular weight is 1040 g/mol. The van der Waals surface area contributed by atoms with Crippen molar-refractivity contribution >= 4 is 91.5 Å². The van der Waals surface area contributed by atoms with Crippen LogP contribution in [-0.2, 0) is 12.3 Å². The molecule has 0 unspecified atom stereocenters. The molecular weight excluding hydrogens is 1000 g/mol. The topological polar surface area (TPSA) is 0 Å².